The molecule has 4 aromatic carbocycles. The van der Waals surface area contributed by atoms with Gasteiger partial charge in [-0.2, -0.15) is 0 Å². The molecule has 0 radical (unpaired) electrons. The number of carbonyl (C=O) groups excluding carboxylic acids is 2. The van der Waals surface area contributed by atoms with Gasteiger partial charge in [-0.25, -0.2) is 0 Å². The van der Waals surface area contributed by atoms with Crippen LogP contribution in [0.5, 0.6) is 0 Å². The van der Waals surface area contributed by atoms with E-state index in [1.807, 2.05) is 133 Å². The number of piperidine rings is 1. The van der Waals surface area contributed by atoms with Crippen LogP contribution in [-0.2, 0) is 9.59 Å². The first-order chi connectivity index (χ1) is 25.4. The van der Waals surface area contributed by atoms with Gasteiger partial charge < -0.3 is 20.0 Å². The summed E-state index contributed by atoms with van der Waals surface area (Å²) in [6.07, 6.45) is 4.23. The minimum Gasteiger partial charge on any atom is -0.506 e. The molecule has 0 spiro atoms. The summed E-state index contributed by atoms with van der Waals surface area (Å²) in [4.78, 5) is 32.1. The van der Waals surface area contributed by atoms with E-state index in [-0.39, 0.29) is 23.1 Å². The first-order valence-corrected chi connectivity index (χ1v) is 18.7. The minimum absolute atomic E-state index is 0.122. The summed E-state index contributed by atoms with van der Waals surface area (Å²) in [6, 6.07) is 46.1. The molecule has 1 fully saturated rings. The topological polar surface area (TPSA) is 93.1 Å². The normalized spacial score (nSPS) is 16.3. The highest BCUT2D eigenvalue weighted by atomic mass is 32.1. The lowest BCUT2D eigenvalue weighted by atomic mass is 9.93. The monoisotopic (exact) mass is 723 g/mol. The number of nitrogens with zero attached hydrogens (tertiary/aromatic N) is 2. The fourth-order valence-corrected chi connectivity index (χ4v) is 8.21. The van der Waals surface area contributed by atoms with E-state index >= 15 is 0 Å². The molecular weight excluding hydrogens is 687 g/mol. The molecule has 9 heteroatoms. The number of nitrogens with one attached hydrogen (secondary N) is 1. The van der Waals surface area contributed by atoms with Crippen LogP contribution in [0.3, 0.4) is 0 Å². The Bertz CT molecular complexity index is 1950. The van der Waals surface area contributed by atoms with E-state index in [2.05, 4.69) is 15.1 Å². The van der Waals surface area contributed by atoms with Crippen molar-refractivity contribution >= 4 is 78.5 Å². The predicted molar refractivity (Wildman–Crippen MR) is 214 cm³/mol. The summed E-state index contributed by atoms with van der Waals surface area (Å²) in [7, 11) is 0. The van der Waals surface area contributed by atoms with Gasteiger partial charge >= 0.3 is 0 Å². The Labute approximate surface area is 311 Å². The number of rotatable bonds is 12. The number of hydrogen-bond donors (Lipinski definition) is 3. The van der Waals surface area contributed by atoms with Crippen LogP contribution in [0.25, 0.3) is 11.5 Å². The highest BCUT2D eigenvalue weighted by Gasteiger charge is 2.30. The Kier molecular flexibility index (Phi) is 10.7. The first-order valence-electron chi connectivity index (χ1n) is 17.1. The van der Waals surface area contributed by atoms with Crippen molar-refractivity contribution in [1.82, 2.24) is 5.32 Å². The van der Waals surface area contributed by atoms with E-state index in [0.717, 1.165) is 32.8 Å². The molecule has 52 heavy (non-hydrogen) atoms. The van der Waals surface area contributed by atoms with Crippen LogP contribution in [0, 0.1) is 0 Å². The van der Waals surface area contributed by atoms with Crippen LogP contribution in [0.2, 0.25) is 0 Å². The van der Waals surface area contributed by atoms with Crippen LogP contribution in [0.4, 0.5) is 32.8 Å². The number of aliphatic hydroxyl groups excluding tert-OH is 2. The second-order valence-electron chi connectivity index (χ2n) is 12.4. The molecule has 0 saturated carbocycles. The average Bonchev–Trinajstić information content (AvgIpc) is 3.88. The maximum absolute atomic E-state index is 13.4. The van der Waals surface area contributed by atoms with Gasteiger partial charge in [-0.15, -0.1) is 22.7 Å². The van der Waals surface area contributed by atoms with Gasteiger partial charge in [0.2, 0.25) is 0 Å². The van der Waals surface area contributed by atoms with Crippen LogP contribution in [0.15, 0.2) is 158 Å². The maximum atomic E-state index is 13.4. The first kappa shape index (κ1) is 34.7. The van der Waals surface area contributed by atoms with Gasteiger partial charge in [0, 0.05) is 34.9 Å². The highest BCUT2D eigenvalue weighted by molar-refractivity contribution is 7.17. The number of carbonyl (C=O) groups is 2. The summed E-state index contributed by atoms with van der Waals surface area (Å²) in [5, 5.41) is 27.1. The summed E-state index contributed by atoms with van der Waals surface area (Å²) in [5.41, 5.74) is 3.91. The molecule has 0 amide bonds. The lowest BCUT2D eigenvalue weighted by Crippen LogP contribution is -2.49. The summed E-state index contributed by atoms with van der Waals surface area (Å²) < 4.78 is 0. The molecule has 3 heterocycles. The number of aliphatic hydroxyl groups is 2. The quantitative estimate of drug-likeness (QED) is 0.0855. The molecule has 3 N–H and O–H groups in total. The maximum Gasteiger partial charge on any atom is 0.176 e. The van der Waals surface area contributed by atoms with Gasteiger partial charge in [-0.05, 0) is 92.1 Å². The van der Waals surface area contributed by atoms with Crippen LogP contribution in [0.1, 0.15) is 29.0 Å². The van der Waals surface area contributed by atoms with Gasteiger partial charge in [0.25, 0.3) is 0 Å². The Morgan fingerprint density at radius 3 is 1.17 bits per heavy atom. The number of ketones is 2. The van der Waals surface area contributed by atoms with Crippen molar-refractivity contribution in [3.05, 3.63) is 167 Å². The van der Waals surface area contributed by atoms with Crippen molar-refractivity contribution in [1.29, 1.82) is 0 Å². The lowest BCUT2D eigenvalue weighted by molar-refractivity contribution is -0.120. The van der Waals surface area contributed by atoms with Crippen molar-refractivity contribution in [2.24, 2.45) is 0 Å². The molecule has 0 aliphatic carbocycles. The number of anilines is 6. The van der Waals surface area contributed by atoms with Crippen molar-refractivity contribution in [2.45, 2.75) is 31.3 Å². The third kappa shape index (κ3) is 7.92. The van der Waals surface area contributed by atoms with E-state index in [1.165, 1.54) is 34.8 Å². The molecule has 1 aliphatic rings. The van der Waals surface area contributed by atoms with E-state index in [9.17, 15) is 19.8 Å². The number of hydrogen-bond acceptors (Lipinski definition) is 9. The summed E-state index contributed by atoms with van der Waals surface area (Å²) in [6.45, 7) is 0. The van der Waals surface area contributed by atoms with E-state index < -0.39 is 12.1 Å². The third-order valence-electron chi connectivity index (χ3n) is 8.82. The largest absolute Gasteiger partial charge is 0.506 e. The molecule has 7 nitrogen and oxygen atoms in total. The van der Waals surface area contributed by atoms with Crippen LogP contribution < -0.4 is 15.1 Å². The molecule has 2 atom stereocenters. The van der Waals surface area contributed by atoms with Crippen molar-refractivity contribution in [3.8, 4) is 0 Å². The number of benzene rings is 4. The molecule has 6 aromatic rings. The number of thiophene rings is 2. The number of para-hydroxylation sites is 4. The van der Waals surface area contributed by atoms with Crippen molar-refractivity contribution in [3.63, 3.8) is 0 Å². The molecular formula is C43H37N3O4S2. The summed E-state index contributed by atoms with van der Waals surface area (Å²) >= 11 is 2.76. The fraction of sp³-hybridized carbons (Fsp3) is 0.116. The molecule has 0 bridgehead atoms. The summed E-state index contributed by atoms with van der Waals surface area (Å²) in [5.74, 6) is -0.843. The molecule has 1 aliphatic heterocycles. The predicted octanol–water partition coefficient (Wildman–Crippen LogP) is 10.9. The molecule has 2 aromatic heterocycles. The SMILES string of the molecule is O=C(/C=C(\O)c1ccc(N(c2ccccc2)c2ccccc2)s1)C1CCCC(C(=O)/C=C(\O)c2ccc(N(c3ccccc3)c3ccccc3)s2)N1. The fourth-order valence-electron chi connectivity index (χ4n) is 6.28. The van der Waals surface area contributed by atoms with Gasteiger partial charge in [-0.1, -0.05) is 72.8 Å². The van der Waals surface area contributed by atoms with Crippen molar-refractivity contribution < 1.29 is 19.8 Å². The standard InChI is InChI=1S/C43H37N3O4S2/c47-36(28-38(49)40-24-26-42(51-40)45(30-14-5-1-6-15-30)31-16-7-2-8-17-31)34-22-13-23-35(44-34)37(48)29-39(50)41-25-27-43(52-41)46(32-18-9-3-10-19-32)33-20-11-4-12-21-33/h1-12,14-21,24-29,34-35,44,49-50H,13,22-23H2/b38-28-,39-29-. The van der Waals surface area contributed by atoms with Gasteiger partial charge in [0.15, 0.2) is 11.6 Å². The average molecular weight is 724 g/mol. The molecule has 7 rings (SSSR count). The highest BCUT2D eigenvalue weighted by Crippen LogP contribution is 2.41. The van der Waals surface area contributed by atoms with Gasteiger partial charge in [0.1, 0.15) is 21.5 Å². The zero-order valence-corrected chi connectivity index (χ0v) is 29.8. The van der Waals surface area contributed by atoms with E-state index in [1.54, 1.807) is 12.1 Å². The Hall–Kier alpha value is -5.74. The molecule has 1 saturated heterocycles. The minimum atomic E-state index is -0.636. The second-order valence-corrected chi connectivity index (χ2v) is 14.5. The Morgan fingerprint density at radius 2 is 0.846 bits per heavy atom. The molecule has 260 valence electrons. The third-order valence-corrected chi connectivity index (χ3v) is 11.0. The van der Waals surface area contributed by atoms with E-state index in [0.29, 0.717) is 29.0 Å². The Balaban J connectivity index is 1.03. The zero-order valence-electron chi connectivity index (χ0n) is 28.2. The van der Waals surface area contributed by atoms with Crippen LogP contribution in [-0.4, -0.2) is 33.9 Å². The second kappa shape index (κ2) is 16.1. The smallest absolute Gasteiger partial charge is 0.176 e. The van der Waals surface area contributed by atoms with Gasteiger partial charge in [0.05, 0.1) is 21.8 Å². The Morgan fingerprint density at radius 1 is 0.519 bits per heavy atom. The van der Waals surface area contributed by atoms with E-state index in [4.69, 9.17) is 0 Å². The zero-order chi connectivity index (χ0) is 35.9. The van der Waals surface area contributed by atoms with Crippen LogP contribution >= 0.6 is 22.7 Å². The lowest BCUT2D eigenvalue weighted by Gasteiger charge is -2.28. The van der Waals surface area contributed by atoms with Gasteiger partial charge in [-0.3, -0.25) is 14.9 Å². The van der Waals surface area contributed by atoms with Crippen molar-refractivity contribution in [2.75, 3.05) is 9.80 Å². The molecule has 2 unspecified atom stereocenters.